The highest BCUT2D eigenvalue weighted by Gasteiger charge is 2.37. The Kier molecular flexibility index (Phi) is 5.43. The number of carbonyl (C=O) groups excluding carboxylic acids is 1. The molecule has 1 saturated carbocycles. The van der Waals surface area contributed by atoms with Gasteiger partial charge in [0.1, 0.15) is 0 Å². The lowest BCUT2D eigenvalue weighted by atomic mass is 9.74. The molecule has 1 atom stereocenters. The first kappa shape index (κ1) is 17.5. The van der Waals surface area contributed by atoms with Crippen LogP contribution in [0.5, 0.6) is 0 Å². The fraction of sp³-hybridized carbons (Fsp3) is 0.294. The second kappa shape index (κ2) is 7.74. The van der Waals surface area contributed by atoms with Gasteiger partial charge >= 0.3 is 0 Å². The highest BCUT2D eigenvalue weighted by Crippen LogP contribution is 2.39. The molecule has 0 bridgehead atoms. The van der Waals surface area contributed by atoms with Crippen molar-refractivity contribution < 1.29 is 4.79 Å². The van der Waals surface area contributed by atoms with Gasteiger partial charge in [-0.05, 0) is 54.6 Å². The Morgan fingerprint density at radius 3 is 2.76 bits per heavy atom. The third-order valence-electron chi connectivity index (χ3n) is 4.30. The number of carbonyl (C=O) groups is 1. The second-order valence-corrected chi connectivity index (χ2v) is 6.76. The number of azide groups is 1. The fourth-order valence-electron chi connectivity index (χ4n) is 2.96. The van der Waals surface area contributed by atoms with E-state index in [0.717, 1.165) is 5.69 Å². The van der Waals surface area contributed by atoms with Crippen molar-refractivity contribution in [3.63, 3.8) is 0 Å². The third-order valence-corrected chi connectivity index (χ3v) is 4.85. The van der Waals surface area contributed by atoms with E-state index in [-0.39, 0.29) is 23.9 Å². The van der Waals surface area contributed by atoms with Gasteiger partial charge in [0.05, 0.1) is 22.3 Å². The first-order valence-corrected chi connectivity index (χ1v) is 8.55. The third kappa shape index (κ3) is 4.04. The van der Waals surface area contributed by atoms with E-state index in [1.165, 1.54) is 6.07 Å². The van der Waals surface area contributed by atoms with E-state index in [0.29, 0.717) is 28.5 Å². The fourth-order valence-corrected chi connectivity index (χ4v) is 3.45. The molecule has 1 heterocycles. The summed E-state index contributed by atoms with van der Waals surface area (Å²) >= 11 is 12.0. The molecule has 0 radical (unpaired) electrons. The van der Waals surface area contributed by atoms with Crippen molar-refractivity contribution in [3.05, 3.63) is 74.3 Å². The van der Waals surface area contributed by atoms with E-state index >= 15 is 0 Å². The molecule has 1 aromatic heterocycles. The average molecular weight is 376 g/mol. The zero-order valence-corrected chi connectivity index (χ0v) is 14.7. The molecule has 8 heteroatoms. The SMILES string of the molecule is [N-]=[N+]=NC1CC(C(NC(=O)c2ccc(Cl)cc2Cl)c2ccccn2)C1. The van der Waals surface area contributed by atoms with Crippen molar-refractivity contribution in [3.8, 4) is 0 Å². The molecule has 1 fully saturated rings. The van der Waals surface area contributed by atoms with Crippen LogP contribution in [0, 0.1) is 5.92 Å². The Hall–Kier alpha value is -2.27. The lowest BCUT2D eigenvalue weighted by Gasteiger charge is -2.38. The molecular weight excluding hydrogens is 361 g/mol. The number of aromatic nitrogens is 1. The maximum absolute atomic E-state index is 12.7. The van der Waals surface area contributed by atoms with Gasteiger partial charge in [-0.3, -0.25) is 9.78 Å². The summed E-state index contributed by atoms with van der Waals surface area (Å²) in [6.45, 7) is 0. The minimum absolute atomic E-state index is 0.0303. The Balaban J connectivity index is 1.80. The maximum Gasteiger partial charge on any atom is 0.253 e. The molecular formula is C17H15Cl2N5O. The van der Waals surface area contributed by atoms with Crippen LogP contribution in [0.4, 0.5) is 0 Å². The summed E-state index contributed by atoms with van der Waals surface area (Å²) in [7, 11) is 0. The number of rotatable bonds is 5. The maximum atomic E-state index is 12.7. The van der Waals surface area contributed by atoms with Crippen LogP contribution < -0.4 is 5.32 Å². The van der Waals surface area contributed by atoms with Crippen LogP contribution >= 0.6 is 23.2 Å². The number of nitrogens with zero attached hydrogens (tertiary/aromatic N) is 4. The van der Waals surface area contributed by atoms with Crippen LogP contribution in [-0.4, -0.2) is 16.9 Å². The smallest absolute Gasteiger partial charge is 0.253 e. The number of benzene rings is 1. The Bertz CT molecular complexity index is 817. The average Bonchev–Trinajstić information content (AvgIpc) is 2.56. The number of halogens is 2. The first-order chi connectivity index (χ1) is 12.1. The molecule has 128 valence electrons. The molecule has 1 aliphatic rings. The molecule has 2 aromatic rings. The van der Waals surface area contributed by atoms with Gasteiger partial charge in [0, 0.05) is 22.2 Å². The van der Waals surface area contributed by atoms with Crippen molar-refractivity contribution in [1.82, 2.24) is 10.3 Å². The van der Waals surface area contributed by atoms with Gasteiger partial charge in [0.25, 0.3) is 5.91 Å². The van der Waals surface area contributed by atoms with Crippen molar-refractivity contribution in [2.24, 2.45) is 11.0 Å². The molecule has 1 aromatic carbocycles. The highest BCUT2D eigenvalue weighted by atomic mass is 35.5. The van der Waals surface area contributed by atoms with Crippen molar-refractivity contribution >= 4 is 29.1 Å². The van der Waals surface area contributed by atoms with E-state index in [1.807, 2.05) is 18.2 Å². The highest BCUT2D eigenvalue weighted by molar-refractivity contribution is 6.36. The molecule has 6 nitrogen and oxygen atoms in total. The topological polar surface area (TPSA) is 90.8 Å². The van der Waals surface area contributed by atoms with Crippen LogP contribution in [0.25, 0.3) is 10.4 Å². The zero-order chi connectivity index (χ0) is 17.8. The molecule has 25 heavy (non-hydrogen) atoms. The Morgan fingerprint density at radius 2 is 2.12 bits per heavy atom. The number of hydrogen-bond donors (Lipinski definition) is 1. The Morgan fingerprint density at radius 1 is 1.32 bits per heavy atom. The summed E-state index contributed by atoms with van der Waals surface area (Å²) in [5, 5.41) is 7.51. The molecule has 0 spiro atoms. The summed E-state index contributed by atoms with van der Waals surface area (Å²) in [5.41, 5.74) is 9.67. The van der Waals surface area contributed by atoms with E-state index < -0.39 is 0 Å². The van der Waals surface area contributed by atoms with Gasteiger partial charge in [-0.2, -0.15) is 0 Å². The molecule has 1 amide bonds. The molecule has 0 aliphatic heterocycles. The monoisotopic (exact) mass is 375 g/mol. The predicted molar refractivity (Wildman–Crippen MR) is 96.6 cm³/mol. The largest absolute Gasteiger partial charge is 0.343 e. The summed E-state index contributed by atoms with van der Waals surface area (Å²) in [6.07, 6.45) is 3.10. The summed E-state index contributed by atoms with van der Waals surface area (Å²) < 4.78 is 0. The standard InChI is InChI=1S/C17H15Cl2N5O/c18-11-4-5-13(14(19)9-11)17(25)22-16(15-3-1-2-6-21-15)10-7-12(8-10)23-24-20/h1-6,9-10,12,16H,7-8H2,(H,22,25). The van der Waals surface area contributed by atoms with Gasteiger partial charge in [0.2, 0.25) is 0 Å². The summed E-state index contributed by atoms with van der Waals surface area (Å²) in [6, 6.07) is 10.0. The van der Waals surface area contributed by atoms with E-state index in [2.05, 4.69) is 20.3 Å². The second-order valence-electron chi connectivity index (χ2n) is 5.92. The molecule has 1 N–H and O–H groups in total. The lowest BCUT2D eigenvalue weighted by molar-refractivity contribution is 0.0888. The van der Waals surface area contributed by atoms with E-state index in [1.54, 1.807) is 18.3 Å². The molecule has 1 aliphatic carbocycles. The number of hydrogen-bond acceptors (Lipinski definition) is 3. The summed E-state index contributed by atoms with van der Waals surface area (Å²) in [4.78, 5) is 19.9. The predicted octanol–water partition coefficient (Wildman–Crippen LogP) is 4.95. The minimum Gasteiger partial charge on any atom is -0.343 e. The molecule has 0 saturated heterocycles. The van der Waals surface area contributed by atoms with Gasteiger partial charge in [-0.15, -0.1) is 0 Å². The van der Waals surface area contributed by atoms with Crippen molar-refractivity contribution in [1.29, 1.82) is 0 Å². The Labute approximate surface area is 154 Å². The van der Waals surface area contributed by atoms with Crippen LogP contribution in [0.1, 0.15) is 34.9 Å². The quantitative estimate of drug-likeness (QED) is 0.454. The van der Waals surface area contributed by atoms with Gasteiger partial charge in [-0.1, -0.05) is 34.4 Å². The van der Waals surface area contributed by atoms with Crippen LogP contribution in [0.3, 0.4) is 0 Å². The van der Waals surface area contributed by atoms with Crippen LogP contribution in [0.2, 0.25) is 10.0 Å². The first-order valence-electron chi connectivity index (χ1n) is 7.79. The number of amides is 1. The van der Waals surface area contributed by atoms with Crippen molar-refractivity contribution in [2.45, 2.75) is 24.9 Å². The van der Waals surface area contributed by atoms with Crippen LogP contribution in [-0.2, 0) is 0 Å². The van der Waals surface area contributed by atoms with Crippen LogP contribution in [0.15, 0.2) is 47.7 Å². The zero-order valence-electron chi connectivity index (χ0n) is 13.1. The number of pyridine rings is 1. The summed E-state index contributed by atoms with van der Waals surface area (Å²) in [5.74, 6) is -0.134. The minimum atomic E-state index is -0.287. The molecule has 1 unspecified atom stereocenters. The van der Waals surface area contributed by atoms with Gasteiger partial charge in [-0.25, -0.2) is 0 Å². The van der Waals surface area contributed by atoms with E-state index in [9.17, 15) is 4.79 Å². The van der Waals surface area contributed by atoms with E-state index in [4.69, 9.17) is 28.7 Å². The van der Waals surface area contributed by atoms with Crippen molar-refractivity contribution in [2.75, 3.05) is 0 Å². The number of nitrogens with one attached hydrogen (secondary N) is 1. The van der Waals surface area contributed by atoms with Gasteiger partial charge < -0.3 is 5.32 Å². The molecule has 3 rings (SSSR count). The normalized spacial score (nSPS) is 20.1. The van der Waals surface area contributed by atoms with Gasteiger partial charge in [0.15, 0.2) is 0 Å². The lowest BCUT2D eigenvalue weighted by Crippen LogP contribution is -2.41.